The highest BCUT2D eigenvalue weighted by molar-refractivity contribution is 6.36. The van der Waals surface area contributed by atoms with Gasteiger partial charge in [0.15, 0.2) is 0 Å². The maximum atomic E-state index is 15.6. The minimum absolute atomic E-state index is 0.0323. The van der Waals surface area contributed by atoms with Crippen LogP contribution in [0.5, 0.6) is 17.6 Å². The highest BCUT2D eigenvalue weighted by Gasteiger charge is 2.39. The average Bonchev–Trinajstić information content (AvgIpc) is 3.92. The standard InChI is InChI=1S/C41H41ClF4N4O6/c1-54-37-24(21-50-14-13-23(20-50)40(52)53)16-32(41(44,45)46)39(49-37)56-35-12-11-27-26(5-3-6-28(27)35)29-7-4-8-30(36(29)42)34-17-33(43)31(38(48-34)55-2)19-47-18-22-9-10-25(51)15-22/h3-8,16-17,22-23,35,47H,9-15,18-21H2,1-2H3,(H,52,53)/t22-,23-,35+/m1/s1. The number of Topliss-reactive ketones (excluding diaryl/α,β-unsaturated/α-hetero) is 1. The summed E-state index contributed by atoms with van der Waals surface area (Å²) in [5, 5.41) is 12.9. The number of ether oxygens (including phenoxy) is 3. The number of nitrogens with one attached hydrogen (secondary N) is 1. The molecular formula is C41H41ClF4N4O6. The zero-order valence-electron chi connectivity index (χ0n) is 30.8. The number of benzene rings is 2. The number of aromatic nitrogens is 2. The highest BCUT2D eigenvalue weighted by Crippen LogP contribution is 2.46. The number of likely N-dealkylation sites (tertiary alicyclic amines) is 1. The summed E-state index contributed by atoms with van der Waals surface area (Å²) in [7, 11) is 2.73. The van der Waals surface area contributed by atoms with Crippen LogP contribution < -0.4 is 19.5 Å². The number of fused-ring (bicyclic) bond motifs is 1. The zero-order chi connectivity index (χ0) is 39.7. The van der Waals surface area contributed by atoms with Gasteiger partial charge in [0.1, 0.15) is 23.3 Å². The second-order valence-electron chi connectivity index (χ2n) is 14.5. The number of halogens is 5. The first-order valence-corrected chi connectivity index (χ1v) is 18.9. The minimum Gasteiger partial charge on any atom is -0.481 e. The Hall–Kier alpha value is -4.79. The van der Waals surface area contributed by atoms with E-state index >= 15 is 4.39 Å². The Labute approximate surface area is 326 Å². The third-order valence-corrected chi connectivity index (χ3v) is 11.3. The summed E-state index contributed by atoms with van der Waals surface area (Å²) < 4.78 is 76.2. The third kappa shape index (κ3) is 8.19. The Morgan fingerprint density at radius 1 is 0.982 bits per heavy atom. The largest absolute Gasteiger partial charge is 0.481 e. The number of pyridine rings is 2. The molecule has 7 rings (SSSR count). The molecule has 0 radical (unpaired) electrons. The van der Waals surface area contributed by atoms with Gasteiger partial charge in [-0.05, 0) is 67.4 Å². The van der Waals surface area contributed by atoms with E-state index in [0.717, 1.165) is 23.6 Å². The van der Waals surface area contributed by atoms with Gasteiger partial charge in [-0.25, -0.2) is 9.37 Å². The normalized spacial score (nSPS) is 19.7. The fourth-order valence-corrected chi connectivity index (χ4v) is 8.36. The molecule has 1 saturated heterocycles. The van der Waals surface area contributed by atoms with E-state index in [-0.39, 0.29) is 59.9 Å². The molecule has 2 fully saturated rings. The summed E-state index contributed by atoms with van der Waals surface area (Å²) in [6.45, 7) is 1.42. The van der Waals surface area contributed by atoms with Crippen molar-refractivity contribution < 1.29 is 46.5 Å². The molecule has 4 aromatic rings. The van der Waals surface area contributed by atoms with Crippen LogP contribution in [0.4, 0.5) is 17.6 Å². The number of nitrogens with zero attached hydrogens (tertiary/aromatic N) is 3. The SMILES string of the molecule is COc1nc(O[C@H]2CCc3c(-c4cccc(-c5cc(F)c(CNC[C@@H]6CCC(=O)C6)c(OC)n5)c4Cl)cccc32)c(C(F)(F)F)cc1CN1CC[C@@H](C(=O)O)C1. The maximum Gasteiger partial charge on any atom is 0.421 e. The topological polar surface area (TPSA) is 123 Å². The van der Waals surface area contributed by atoms with Gasteiger partial charge in [-0.1, -0.05) is 48.0 Å². The number of methoxy groups -OCH3 is 2. The minimum atomic E-state index is -4.79. The summed E-state index contributed by atoms with van der Waals surface area (Å²) in [4.78, 5) is 33.7. The number of ketones is 1. The molecule has 56 heavy (non-hydrogen) atoms. The van der Waals surface area contributed by atoms with E-state index in [9.17, 15) is 27.9 Å². The van der Waals surface area contributed by atoms with Crippen molar-refractivity contribution in [1.29, 1.82) is 0 Å². The molecule has 3 heterocycles. The van der Waals surface area contributed by atoms with E-state index in [0.29, 0.717) is 66.9 Å². The second kappa shape index (κ2) is 16.4. The molecule has 15 heteroatoms. The van der Waals surface area contributed by atoms with Crippen molar-refractivity contribution in [2.45, 2.75) is 63.9 Å². The number of hydrogen-bond acceptors (Lipinski definition) is 9. The molecule has 0 amide bonds. The Balaban J connectivity index is 1.14. The van der Waals surface area contributed by atoms with Gasteiger partial charge in [0.2, 0.25) is 17.6 Å². The lowest BCUT2D eigenvalue weighted by Gasteiger charge is -2.22. The van der Waals surface area contributed by atoms with E-state index in [1.54, 1.807) is 29.2 Å². The molecule has 3 aliphatic rings. The maximum absolute atomic E-state index is 15.6. The van der Waals surface area contributed by atoms with Gasteiger partial charge < -0.3 is 24.6 Å². The molecule has 2 N–H and O–H groups in total. The molecule has 0 bridgehead atoms. The molecule has 296 valence electrons. The second-order valence-corrected chi connectivity index (χ2v) is 14.9. The summed E-state index contributed by atoms with van der Waals surface area (Å²) >= 11 is 7.05. The molecule has 10 nitrogen and oxygen atoms in total. The van der Waals surface area contributed by atoms with Crippen molar-refractivity contribution in [3.8, 4) is 40.0 Å². The van der Waals surface area contributed by atoms with Gasteiger partial charge in [0, 0.05) is 55.2 Å². The summed E-state index contributed by atoms with van der Waals surface area (Å²) in [6, 6.07) is 13.1. The first-order valence-electron chi connectivity index (χ1n) is 18.5. The number of carboxylic acid groups (broad SMARTS) is 1. The van der Waals surface area contributed by atoms with Gasteiger partial charge in [0.05, 0.1) is 36.4 Å². The molecule has 2 aliphatic carbocycles. The van der Waals surface area contributed by atoms with Gasteiger partial charge >= 0.3 is 12.1 Å². The van der Waals surface area contributed by atoms with Crippen LogP contribution in [0.1, 0.15) is 66.0 Å². The summed E-state index contributed by atoms with van der Waals surface area (Å²) in [5.74, 6) is -2.13. The molecule has 1 saturated carbocycles. The lowest BCUT2D eigenvalue weighted by atomic mass is 9.94. The molecule has 2 aromatic heterocycles. The van der Waals surface area contributed by atoms with Crippen molar-refractivity contribution in [3.05, 3.63) is 87.2 Å². The molecule has 0 spiro atoms. The summed E-state index contributed by atoms with van der Waals surface area (Å²) in [5.41, 5.74) is 3.03. The van der Waals surface area contributed by atoms with E-state index in [1.165, 1.54) is 20.3 Å². The molecule has 1 aliphatic heterocycles. The third-order valence-electron chi connectivity index (χ3n) is 10.9. The Morgan fingerprint density at radius 2 is 1.73 bits per heavy atom. The average molecular weight is 797 g/mol. The van der Waals surface area contributed by atoms with Gasteiger partial charge in [-0.2, -0.15) is 18.2 Å². The number of hydrogen-bond donors (Lipinski definition) is 2. The Morgan fingerprint density at radius 3 is 2.43 bits per heavy atom. The van der Waals surface area contributed by atoms with Crippen LogP contribution >= 0.6 is 11.6 Å². The number of rotatable bonds is 13. The van der Waals surface area contributed by atoms with Crippen molar-refractivity contribution in [1.82, 2.24) is 20.2 Å². The lowest BCUT2D eigenvalue weighted by Crippen LogP contribution is -2.24. The number of alkyl halides is 3. The molecule has 2 aromatic carbocycles. The smallest absolute Gasteiger partial charge is 0.421 e. The fraction of sp³-hybridized carbons (Fsp3) is 0.415. The van der Waals surface area contributed by atoms with Crippen LogP contribution in [0.15, 0.2) is 48.5 Å². The van der Waals surface area contributed by atoms with Crippen LogP contribution in [0.3, 0.4) is 0 Å². The number of aliphatic carboxylic acids is 1. The molecule has 0 unspecified atom stereocenters. The van der Waals surface area contributed by atoms with Crippen molar-refractivity contribution in [2.75, 3.05) is 33.9 Å². The molecular weight excluding hydrogens is 756 g/mol. The van der Waals surface area contributed by atoms with E-state index < -0.39 is 41.4 Å². The zero-order valence-corrected chi connectivity index (χ0v) is 31.6. The van der Waals surface area contributed by atoms with Crippen LogP contribution in [0.2, 0.25) is 5.02 Å². The quantitative estimate of drug-likeness (QED) is 0.129. The number of carboxylic acids is 1. The van der Waals surface area contributed by atoms with Gasteiger partial charge in [-0.15, -0.1) is 0 Å². The van der Waals surface area contributed by atoms with E-state index in [1.807, 2.05) is 12.1 Å². The van der Waals surface area contributed by atoms with Crippen LogP contribution in [0, 0.1) is 17.7 Å². The lowest BCUT2D eigenvalue weighted by molar-refractivity contribution is -0.141. The Bertz CT molecular complexity index is 2150. The van der Waals surface area contributed by atoms with Crippen molar-refractivity contribution >= 4 is 23.4 Å². The van der Waals surface area contributed by atoms with E-state index in [2.05, 4.69) is 15.3 Å². The highest BCUT2D eigenvalue weighted by atomic mass is 35.5. The summed E-state index contributed by atoms with van der Waals surface area (Å²) in [6.07, 6.45) is -2.40. The van der Waals surface area contributed by atoms with Gasteiger partial charge in [0.25, 0.3) is 0 Å². The van der Waals surface area contributed by atoms with Crippen LogP contribution in [-0.4, -0.2) is 65.6 Å². The van der Waals surface area contributed by atoms with Crippen molar-refractivity contribution in [3.63, 3.8) is 0 Å². The fourth-order valence-electron chi connectivity index (χ4n) is 8.04. The predicted octanol–water partition coefficient (Wildman–Crippen LogP) is 8.07. The number of carbonyl (C=O) groups is 2. The first-order chi connectivity index (χ1) is 26.8. The predicted molar refractivity (Wildman–Crippen MR) is 199 cm³/mol. The van der Waals surface area contributed by atoms with E-state index in [4.69, 9.17) is 25.8 Å². The Kier molecular flexibility index (Phi) is 11.5. The van der Waals surface area contributed by atoms with Gasteiger partial charge in [-0.3, -0.25) is 14.5 Å². The van der Waals surface area contributed by atoms with Crippen LogP contribution in [0.25, 0.3) is 22.4 Å². The van der Waals surface area contributed by atoms with Crippen LogP contribution in [-0.2, 0) is 35.3 Å². The number of carbonyl (C=O) groups excluding carboxylic acids is 1. The van der Waals surface area contributed by atoms with Crippen molar-refractivity contribution in [2.24, 2.45) is 11.8 Å². The monoisotopic (exact) mass is 796 g/mol. The first kappa shape index (κ1) is 39.4. The molecule has 3 atom stereocenters.